The standard InChI is InChI=1S/C25H20N2O5/c1-2-31-24(30)25(11-12-25)19-9-7-16(8-10-19)15-3-5-17(6-4-15)21-20-18(14-32-21)13-26-22(27-20)23(28)29/h3-10,13-14H,2,11-12H2,1H3,(H,28,29). The number of carboxylic acid groups (broad SMARTS) is 1. The average Bonchev–Trinajstić information content (AvgIpc) is 3.53. The fourth-order valence-electron chi connectivity index (χ4n) is 3.95. The minimum absolute atomic E-state index is 0.141. The maximum atomic E-state index is 12.3. The highest BCUT2D eigenvalue weighted by Gasteiger charge is 2.52. The number of carbonyl (C=O) groups excluding carboxylic acids is 1. The van der Waals surface area contributed by atoms with Crippen LogP contribution in [0.1, 0.15) is 35.9 Å². The SMILES string of the molecule is CCOC(=O)C1(c2ccc(-c3ccc(-c4occ5cnc(C(=O)O)nc45)cc3)cc2)CC1. The van der Waals surface area contributed by atoms with Crippen LogP contribution in [0.5, 0.6) is 0 Å². The van der Waals surface area contributed by atoms with Crippen molar-refractivity contribution < 1.29 is 23.8 Å². The molecule has 1 fully saturated rings. The molecule has 1 aliphatic rings. The molecular weight excluding hydrogens is 408 g/mol. The predicted octanol–water partition coefficient (Wildman–Crippen LogP) is 4.85. The number of furan rings is 1. The van der Waals surface area contributed by atoms with Crippen LogP contribution >= 0.6 is 0 Å². The normalized spacial score (nSPS) is 14.3. The summed E-state index contributed by atoms with van der Waals surface area (Å²) in [6.07, 6.45) is 4.60. The lowest BCUT2D eigenvalue weighted by Gasteiger charge is -2.14. The largest absolute Gasteiger partial charge is 0.475 e. The topological polar surface area (TPSA) is 103 Å². The summed E-state index contributed by atoms with van der Waals surface area (Å²) in [4.78, 5) is 31.4. The van der Waals surface area contributed by atoms with Gasteiger partial charge in [-0.25, -0.2) is 14.8 Å². The van der Waals surface area contributed by atoms with Crippen LogP contribution in [0.15, 0.2) is 65.4 Å². The van der Waals surface area contributed by atoms with Crippen LogP contribution < -0.4 is 0 Å². The summed E-state index contributed by atoms with van der Waals surface area (Å²) >= 11 is 0. The number of carbonyl (C=O) groups is 2. The summed E-state index contributed by atoms with van der Waals surface area (Å²) < 4.78 is 10.9. The molecule has 0 aliphatic heterocycles. The zero-order valence-corrected chi connectivity index (χ0v) is 17.4. The molecule has 2 heterocycles. The van der Waals surface area contributed by atoms with Crippen LogP contribution in [0.2, 0.25) is 0 Å². The molecule has 1 aliphatic carbocycles. The van der Waals surface area contributed by atoms with Gasteiger partial charge in [0.2, 0.25) is 5.82 Å². The number of aromatic nitrogens is 2. The number of ether oxygens (including phenoxy) is 1. The van der Waals surface area contributed by atoms with Gasteiger partial charge in [-0.15, -0.1) is 0 Å². The molecule has 0 atom stereocenters. The monoisotopic (exact) mass is 428 g/mol. The molecular formula is C25H20N2O5. The van der Waals surface area contributed by atoms with E-state index in [1.807, 2.05) is 55.5 Å². The van der Waals surface area contributed by atoms with E-state index in [1.54, 1.807) is 0 Å². The van der Waals surface area contributed by atoms with E-state index >= 15 is 0 Å². The Morgan fingerprint density at radius 3 is 2.25 bits per heavy atom. The quantitative estimate of drug-likeness (QED) is 0.438. The number of esters is 1. The Morgan fingerprint density at radius 2 is 1.66 bits per heavy atom. The Kier molecular flexibility index (Phi) is 4.74. The molecule has 0 saturated heterocycles. The first-order valence-electron chi connectivity index (χ1n) is 10.4. The van der Waals surface area contributed by atoms with Crippen LogP contribution in [-0.2, 0) is 14.9 Å². The van der Waals surface area contributed by atoms with E-state index < -0.39 is 11.4 Å². The van der Waals surface area contributed by atoms with Crippen molar-refractivity contribution >= 4 is 22.8 Å². The molecule has 0 radical (unpaired) electrons. The molecule has 7 heteroatoms. The Bertz CT molecular complexity index is 1320. The van der Waals surface area contributed by atoms with Crippen molar-refractivity contribution in [2.45, 2.75) is 25.2 Å². The predicted molar refractivity (Wildman–Crippen MR) is 117 cm³/mol. The van der Waals surface area contributed by atoms with E-state index in [2.05, 4.69) is 9.97 Å². The maximum Gasteiger partial charge on any atom is 0.373 e. The first-order chi connectivity index (χ1) is 15.5. The second-order valence-electron chi connectivity index (χ2n) is 7.82. The second kappa shape index (κ2) is 7.60. The van der Waals surface area contributed by atoms with Crippen molar-refractivity contribution in [1.82, 2.24) is 9.97 Å². The van der Waals surface area contributed by atoms with Crippen molar-refractivity contribution in [3.63, 3.8) is 0 Å². The summed E-state index contributed by atoms with van der Waals surface area (Å²) in [7, 11) is 0. The fourth-order valence-corrected chi connectivity index (χ4v) is 3.95. The third-order valence-electron chi connectivity index (χ3n) is 5.86. The first kappa shape index (κ1) is 19.9. The molecule has 5 rings (SSSR count). The van der Waals surface area contributed by atoms with Gasteiger partial charge in [0, 0.05) is 11.8 Å². The van der Waals surface area contributed by atoms with Crippen molar-refractivity contribution in [1.29, 1.82) is 0 Å². The minimum Gasteiger partial charge on any atom is -0.475 e. The smallest absolute Gasteiger partial charge is 0.373 e. The third-order valence-corrected chi connectivity index (χ3v) is 5.86. The summed E-state index contributed by atoms with van der Waals surface area (Å²) in [6, 6.07) is 15.8. The summed E-state index contributed by atoms with van der Waals surface area (Å²) in [6.45, 7) is 2.21. The number of fused-ring (bicyclic) bond motifs is 1. The summed E-state index contributed by atoms with van der Waals surface area (Å²) in [5.41, 5.74) is 3.80. The van der Waals surface area contributed by atoms with Crippen LogP contribution in [0.3, 0.4) is 0 Å². The van der Waals surface area contributed by atoms with E-state index in [4.69, 9.17) is 14.3 Å². The van der Waals surface area contributed by atoms with Gasteiger partial charge in [0.1, 0.15) is 11.8 Å². The number of nitrogens with zero attached hydrogens (tertiary/aromatic N) is 2. The van der Waals surface area contributed by atoms with Crippen LogP contribution in [0, 0.1) is 0 Å². The lowest BCUT2D eigenvalue weighted by Crippen LogP contribution is -2.23. The molecule has 32 heavy (non-hydrogen) atoms. The molecule has 2 aromatic heterocycles. The zero-order valence-electron chi connectivity index (χ0n) is 17.4. The average molecular weight is 428 g/mol. The van der Waals surface area contributed by atoms with E-state index in [9.17, 15) is 9.59 Å². The molecule has 0 amide bonds. The summed E-state index contributed by atoms with van der Waals surface area (Å²) in [5, 5.41) is 9.79. The Labute approximate surface area is 183 Å². The highest BCUT2D eigenvalue weighted by Crippen LogP contribution is 2.49. The highest BCUT2D eigenvalue weighted by atomic mass is 16.5. The van der Waals surface area contributed by atoms with Gasteiger partial charge in [0.05, 0.1) is 17.4 Å². The fraction of sp³-hybridized carbons (Fsp3) is 0.200. The lowest BCUT2D eigenvalue weighted by molar-refractivity contribution is -0.146. The molecule has 1 N–H and O–H groups in total. The molecule has 0 spiro atoms. The van der Waals surface area contributed by atoms with Gasteiger partial charge in [-0.05, 0) is 36.5 Å². The molecule has 160 valence electrons. The molecule has 2 aromatic carbocycles. The number of rotatable bonds is 6. The van der Waals surface area contributed by atoms with E-state index in [0.717, 1.165) is 35.1 Å². The Balaban J connectivity index is 1.41. The number of benzene rings is 2. The van der Waals surface area contributed by atoms with Crippen LogP contribution in [0.25, 0.3) is 33.4 Å². The maximum absolute atomic E-state index is 12.3. The van der Waals surface area contributed by atoms with Gasteiger partial charge < -0.3 is 14.3 Å². The van der Waals surface area contributed by atoms with Gasteiger partial charge in [-0.1, -0.05) is 48.5 Å². The Morgan fingerprint density at radius 1 is 1.03 bits per heavy atom. The summed E-state index contributed by atoms with van der Waals surface area (Å²) in [5.74, 6) is -1.10. The molecule has 0 bridgehead atoms. The van der Waals surface area contributed by atoms with Crippen LogP contribution in [-0.4, -0.2) is 33.6 Å². The van der Waals surface area contributed by atoms with Gasteiger partial charge >= 0.3 is 11.9 Å². The van der Waals surface area contributed by atoms with Crippen molar-refractivity contribution in [3.05, 3.63) is 72.4 Å². The third kappa shape index (κ3) is 3.32. The van der Waals surface area contributed by atoms with Gasteiger partial charge in [0.15, 0.2) is 5.76 Å². The number of hydrogen-bond donors (Lipinski definition) is 1. The molecule has 1 saturated carbocycles. The molecule has 4 aromatic rings. The Hall–Kier alpha value is -4.00. The van der Waals surface area contributed by atoms with Crippen molar-refractivity contribution in [3.8, 4) is 22.5 Å². The zero-order chi connectivity index (χ0) is 22.3. The minimum atomic E-state index is -1.19. The van der Waals surface area contributed by atoms with E-state index in [-0.39, 0.29) is 11.8 Å². The second-order valence-corrected chi connectivity index (χ2v) is 7.82. The van der Waals surface area contributed by atoms with Crippen molar-refractivity contribution in [2.24, 2.45) is 0 Å². The van der Waals surface area contributed by atoms with Crippen molar-refractivity contribution in [2.75, 3.05) is 6.61 Å². The first-order valence-corrected chi connectivity index (χ1v) is 10.4. The number of aromatic carboxylic acids is 1. The number of carboxylic acids is 1. The van der Waals surface area contributed by atoms with Gasteiger partial charge in [-0.2, -0.15) is 0 Å². The van der Waals surface area contributed by atoms with E-state index in [1.165, 1.54) is 12.5 Å². The van der Waals surface area contributed by atoms with E-state index in [0.29, 0.717) is 23.3 Å². The lowest BCUT2D eigenvalue weighted by atomic mass is 9.93. The number of hydrogen-bond acceptors (Lipinski definition) is 6. The van der Waals surface area contributed by atoms with Crippen LogP contribution in [0.4, 0.5) is 0 Å². The van der Waals surface area contributed by atoms with Gasteiger partial charge in [-0.3, -0.25) is 4.79 Å². The molecule has 7 nitrogen and oxygen atoms in total. The van der Waals surface area contributed by atoms with Gasteiger partial charge in [0.25, 0.3) is 0 Å². The molecule has 0 unspecified atom stereocenters. The highest BCUT2D eigenvalue weighted by molar-refractivity contribution is 5.93.